The van der Waals surface area contributed by atoms with Gasteiger partial charge in [-0.25, -0.2) is 0 Å². The normalized spacial score (nSPS) is 11.4. The number of hydrogen-bond acceptors (Lipinski definition) is 2. The Bertz CT molecular complexity index is 430. The lowest BCUT2D eigenvalue weighted by molar-refractivity contribution is -0.167. The van der Waals surface area contributed by atoms with Gasteiger partial charge in [0.2, 0.25) is 0 Å². The summed E-state index contributed by atoms with van der Waals surface area (Å²) in [5.41, 5.74) is 1.61. The van der Waals surface area contributed by atoms with E-state index in [0.717, 1.165) is 5.56 Å². The standard InChI is InChI=1S/C12H14F3NO2/c1-8-7-9(3-2-6-17)4-5-10(8)16-11(18)12(13,14)15/h4-5,7,17H,2-3,6H2,1H3,(H,16,18). The summed E-state index contributed by atoms with van der Waals surface area (Å²) in [6, 6.07) is 4.77. The fourth-order valence-corrected chi connectivity index (χ4v) is 1.50. The lowest BCUT2D eigenvalue weighted by atomic mass is 10.1. The predicted molar refractivity (Wildman–Crippen MR) is 61.3 cm³/mol. The van der Waals surface area contributed by atoms with Crippen LogP contribution in [0.1, 0.15) is 17.5 Å². The van der Waals surface area contributed by atoms with E-state index in [1.54, 1.807) is 19.1 Å². The van der Waals surface area contributed by atoms with Crippen molar-refractivity contribution in [3.8, 4) is 0 Å². The molecule has 0 fully saturated rings. The average molecular weight is 261 g/mol. The second-order valence-corrected chi connectivity index (χ2v) is 3.93. The number of anilines is 1. The van der Waals surface area contributed by atoms with Crippen LogP contribution in [0.3, 0.4) is 0 Å². The molecule has 0 radical (unpaired) electrons. The van der Waals surface area contributed by atoms with E-state index in [1.807, 2.05) is 5.32 Å². The number of halogens is 3. The third-order valence-electron chi connectivity index (χ3n) is 2.42. The monoisotopic (exact) mass is 261 g/mol. The minimum Gasteiger partial charge on any atom is -0.396 e. The Hall–Kier alpha value is -1.56. The van der Waals surface area contributed by atoms with E-state index in [9.17, 15) is 18.0 Å². The van der Waals surface area contributed by atoms with Crippen molar-refractivity contribution in [1.29, 1.82) is 0 Å². The number of amides is 1. The van der Waals surface area contributed by atoms with Crippen LogP contribution in [0.2, 0.25) is 0 Å². The maximum atomic E-state index is 12.1. The first kappa shape index (κ1) is 14.5. The summed E-state index contributed by atoms with van der Waals surface area (Å²) >= 11 is 0. The van der Waals surface area contributed by atoms with E-state index in [-0.39, 0.29) is 12.3 Å². The van der Waals surface area contributed by atoms with Gasteiger partial charge in [-0.15, -0.1) is 0 Å². The van der Waals surface area contributed by atoms with Gasteiger partial charge in [0.05, 0.1) is 0 Å². The molecule has 0 heterocycles. The molecule has 0 atom stereocenters. The lowest BCUT2D eigenvalue weighted by Crippen LogP contribution is -2.30. The molecule has 2 N–H and O–H groups in total. The molecule has 1 rings (SSSR count). The third kappa shape index (κ3) is 4.03. The Balaban J connectivity index is 2.77. The quantitative estimate of drug-likeness (QED) is 0.874. The minimum absolute atomic E-state index is 0.0611. The summed E-state index contributed by atoms with van der Waals surface area (Å²) in [7, 11) is 0. The van der Waals surface area contributed by atoms with Crippen LogP contribution in [0.5, 0.6) is 0 Å². The molecule has 0 aliphatic carbocycles. The Kier molecular flexibility index (Phi) is 4.72. The molecule has 6 heteroatoms. The molecule has 1 aromatic carbocycles. The van der Waals surface area contributed by atoms with Gasteiger partial charge in [-0.1, -0.05) is 12.1 Å². The molecule has 0 saturated carbocycles. The van der Waals surface area contributed by atoms with Crippen LogP contribution in [0.4, 0.5) is 18.9 Å². The van der Waals surface area contributed by atoms with Gasteiger partial charge in [0.25, 0.3) is 0 Å². The summed E-state index contributed by atoms with van der Waals surface area (Å²) in [5, 5.41) is 10.5. The summed E-state index contributed by atoms with van der Waals surface area (Å²) in [6.45, 7) is 1.68. The molecule has 100 valence electrons. The predicted octanol–water partition coefficient (Wildman–Crippen LogP) is 2.42. The smallest absolute Gasteiger partial charge is 0.396 e. The van der Waals surface area contributed by atoms with Crippen LogP contribution in [0.15, 0.2) is 18.2 Å². The molecule has 0 spiro atoms. The number of nitrogens with one attached hydrogen (secondary N) is 1. The van der Waals surface area contributed by atoms with Crippen molar-refractivity contribution in [1.82, 2.24) is 0 Å². The number of alkyl halides is 3. The van der Waals surface area contributed by atoms with E-state index in [2.05, 4.69) is 0 Å². The molecule has 0 aromatic heterocycles. The van der Waals surface area contributed by atoms with Gasteiger partial charge < -0.3 is 10.4 Å². The summed E-state index contributed by atoms with van der Waals surface area (Å²) < 4.78 is 36.2. The Labute approximate surface area is 103 Å². The number of hydrogen-bond donors (Lipinski definition) is 2. The lowest BCUT2D eigenvalue weighted by Gasteiger charge is -2.11. The number of aliphatic hydroxyl groups is 1. The Morgan fingerprint density at radius 3 is 2.56 bits per heavy atom. The Morgan fingerprint density at radius 1 is 1.39 bits per heavy atom. The van der Waals surface area contributed by atoms with Gasteiger partial charge in [0.1, 0.15) is 0 Å². The van der Waals surface area contributed by atoms with Gasteiger partial charge >= 0.3 is 12.1 Å². The maximum absolute atomic E-state index is 12.1. The second-order valence-electron chi connectivity index (χ2n) is 3.93. The fraction of sp³-hybridized carbons (Fsp3) is 0.417. The molecule has 0 aliphatic heterocycles. The van der Waals surface area contributed by atoms with E-state index in [1.165, 1.54) is 6.07 Å². The van der Waals surface area contributed by atoms with Gasteiger partial charge in [0.15, 0.2) is 0 Å². The SMILES string of the molecule is Cc1cc(CCCO)ccc1NC(=O)C(F)(F)F. The molecule has 1 aromatic rings. The highest BCUT2D eigenvalue weighted by atomic mass is 19.4. The van der Waals surface area contributed by atoms with Gasteiger partial charge in [0, 0.05) is 12.3 Å². The first-order valence-corrected chi connectivity index (χ1v) is 5.43. The van der Waals surface area contributed by atoms with Crippen molar-refractivity contribution in [2.45, 2.75) is 25.9 Å². The summed E-state index contributed by atoms with van der Waals surface area (Å²) in [5.74, 6) is -1.98. The molecule has 0 unspecified atom stereocenters. The number of rotatable bonds is 4. The second kappa shape index (κ2) is 5.86. The third-order valence-corrected chi connectivity index (χ3v) is 2.42. The molecule has 0 bridgehead atoms. The van der Waals surface area contributed by atoms with E-state index < -0.39 is 12.1 Å². The highest BCUT2D eigenvalue weighted by Gasteiger charge is 2.38. The first-order valence-electron chi connectivity index (χ1n) is 5.43. The molecule has 3 nitrogen and oxygen atoms in total. The number of aryl methyl sites for hydroxylation is 2. The minimum atomic E-state index is -4.89. The first-order chi connectivity index (χ1) is 8.34. The highest BCUT2D eigenvalue weighted by Crippen LogP contribution is 2.21. The van der Waals surface area contributed by atoms with Crippen LogP contribution < -0.4 is 5.32 Å². The highest BCUT2D eigenvalue weighted by molar-refractivity contribution is 5.95. The fourth-order valence-electron chi connectivity index (χ4n) is 1.50. The van der Waals surface area contributed by atoms with Crippen LogP contribution in [0, 0.1) is 6.92 Å². The van der Waals surface area contributed by atoms with Crippen LogP contribution in [-0.4, -0.2) is 23.8 Å². The molecular weight excluding hydrogens is 247 g/mol. The van der Waals surface area contributed by atoms with Gasteiger partial charge in [-0.3, -0.25) is 4.79 Å². The van der Waals surface area contributed by atoms with E-state index in [0.29, 0.717) is 18.4 Å². The van der Waals surface area contributed by atoms with Crippen molar-refractivity contribution in [2.75, 3.05) is 11.9 Å². The van der Waals surface area contributed by atoms with Gasteiger partial charge in [-0.05, 0) is 37.0 Å². The number of benzene rings is 1. The van der Waals surface area contributed by atoms with Gasteiger partial charge in [-0.2, -0.15) is 13.2 Å². The molecule has 1 amide bonds. The van der Waals surface area contributed by atoms with E-state index in [4.69, 9.17) is 5.11 Å². The van der Waals surface area contributed by atoms with E-state index >= 15 is 0 Å². The van der Waals surface area contributed by atoms with Crippen molar-refractivity contribution in [3.63, 3.8) is 0 Å². The van der Waals surface area contributed by atoms with Crippen molar-refractivity contribution >= 4 is 11.6 Å². The number of carbonyl (C=O) groups is 1. The molecule has 18 heavy (non-hydrogen) atoms. The van der Waals surface area contributed by atoms with Crippen LogP contribution in [-0.2, 0) is 11.2 Å². The maximum Gasteiger partial charge on any atom is 0.471 e. The summed E-state index contributed by atoms with van der Waals surface area (Å²) in [4.78, 5) is 10.8. The van der Waals surface area contributed by atoms with Crippen LogP contribution in [0.25, 0.3) is 0 Å². The molecule has 0 aliphatic rings. The average Bonchev–Trinajstić information content (AvgIpc) is 2.28. The zero-order valence-electron chi connectivity index (χ0n) is 9.84. The van der Waals surface area contributed by atoms with Crippen molar-refractivity contribution in [3.05, 3.63) is 29.3 Å². The van der Waals surface area contributed by atoms with Crippen LogP contribution >= 0.6 is 0 Å². The molecule has 0 saturated heterocycles. The number of carbonyl (C=O) groups excluding carboxylic acids is 1. The zero-order chi connectivity index (χ0) is 13.8. The molecular formula is C12H14F3NO2. The zero-order valence-corrected chi connectivity index (χ0v) is 9.84. The summed E-state index contributed by atoms with van der Waals surface area (Å²) in [6.07, 6.45) is -3.65. The number of aliphatic hydroxyl groups excluding tert-OH is 1. The Morgan fingerprint density at radius 2 is 2.06 bits per heavy atom. The topological polar surface area (TPSA) is 49.3 Å². The van der Waals surface area contributed by atoms with Crippen molar-refractivity contribution in [2.24, 2.45) is 0 Å². The largest absolute Gasteiger partial charge is 0.471 e. The van der Waals surface area contributed by atoms with Crippen molar-refractivity contribution < 1.29 is 23.1 Å².